The van der Waals surface area contributed by atoms with Crippen molar-refractivity contribution < 1.29 is 14.6 Å². The monoisotopic (exact) mass is 515 g/mol. The number of aromatic nitrogens is 3. The summed E-state index contributed by atoms with van der Waals surface area (Å²) in [6.45, 7) is 8.16. The molecule has 0 bridgehead atoms. The summed E-state index contributed by atoms with van der Waals surface area (Å²) in [5.41, 5.74) is 4.24. The minimum absolute atomic E-state index is 0.0426. The topological polar surface area (TPSA) is 116 Å². The van der Waals surface area contributed by atoms with Gasteiger partial charge in [0.1, 0.15) is 29.5 Å². The number of carbonyl (C=O) groups excluding carboxylic acids is 1. The Balaban J connectivity index is 1.33. The number of hydrogen-bond donors (Lipinski definition) is 3. The summed E-state index contributed by atoms with van der Waals surface area (Å²) in [6, 6.07) is 9.66. The highest BCUT2D eigenvalue weighted by Gasteiger charge is 2.25. The van der Waals surface area contributed by atoms with Crippen molar-refractivity contribution >= 4 is 29.3 Å². The summed E-state index contributed by atoms with van der Waals surface area (Å²) in [4.78, 5) is 30.6. The summed E-state index contributed by atoms with van der Waals surface area (Å²) in [6.07, 6.45) is 5.74. The van der Waals surface area contributed by atoms with Gasteiger partial charge in [0, 0.05) is 56.2 Å². The van der Waals surface area contributed by atoms with Crippen LogP contribution in [0.4, 0.5) is 17.3 Å². The zero-order valence-electron chi connectivity index (χ0n) is 21.8. The number of aliphatic hydroxyl groups excluding tert-OH is 1. The minimum atomic E-state index is 0.0426. The van der Waals surface area contributed by atoms with Gasteiger partial charge in [-0.3, -0.25) is 14.7 Å². The fourth-order valence-electron chi connectivity index (χ4n) is 4.64. The minimum Gasteiger partial charge on any atom is -0.455 e. The number of anilines is 3. The predicted octanol–water partition coefficient (Wildman–Crippen LogP) is 3.36. The van der Waals surface area contributed by atoms with Gasteiger partial charge in [-0.1, -0.05) is 0 Å². The maximum Gasteiger partial charge on any atom is 0.249 e. The summed E-state index contributed by atoms with van der Waals surface area (Å²) in [5.74, 6) is 2.79. The predicted molar refractivity (Wildman–Crippen MR) is 147 cm³/mol. The standard InChI is InChI=1S/C28H33N7O3/c1-19-15-22(4-6-25(19)38-23-5-3-20(2)30-17-23)33-27-24-16-21(7-8-29-26(24)31-18-32-27)28(37)35-11-9-34(10-12-35)13-14-36/h3-6,15-18,36H,7-14H2,1-2H3,(H2,29,31,32,33). The number of hydrogen-bond acceptors (Lipinski definition) is 9. The molecule has 5 rings (SSSR count). The SMILES string of the molecule is Cc1ccc(Oc2ccc(Nc3ncnc4c3C=C(C(=O)N3CCN(CCO)CC3)CCN4)cc2C)cn1. The van der Waals surface area contributed by atoms with Crippen LogP contribution >= 0.6 is 0 Å². The van der Waals surface area contributed by atoms with Crippen molar-refractivity contribution in [2.45, 2.75) is 20.3 Å². The van der Waals surface area contributed by atoms with Gasteiger partial charge >= 0.3 is 0 Å². The van der Waals surface area contributed by atoms with Crippen LogP contribution in [0.1, 0.15) is 23.2 Å². The molecule has 0 radical (unpaired) electrons. The van der Waals surface area contributed by atoms with E-state index in [1.165, 1.54) is 6.33 Å². The van der Waals surface area contributed by atoms with E-state index in [0.29, 0.717) is 50.0 Å². The first-order chi connectivity index (χ1) is 18.5. The fourth-order valence-corrected chi connectivity index (χ4v) is 4.64. The molecule has 2 aliphatic rings. The number of aryl methyl sites for hydroxylation is 2. The molecule has 10 heteroatoms. The van der Waals surface area contributed by atoms with Crippen LogP contribution in [0.3, 0.4) is 0 Å². The first-order valence-corrected chi connectivity index (χ1v) is 12.9. The van der Waals surface area contributed by atoms with Gasteiger partial charge in [0.25, 0.3) is 0 Å². The van der Waals surface area contributed by atoms with E-state index in [0.717, 1.165) is 46.9 Å². The Morgan fingerprint density at radius 2 is 1.95 bits per heavy atom. The van der Waals surface area contributed by atoms with Gasteiger partial charge in [0.05, 0.1) is 18.4 Å². The number of amides is 1. The lowest BCUT2D eigenvalue weighted by Gasteiger charge is -2.34. The summed E-state index contributed by atoms with van der Waals surface area (Å²) >= 11 is 0. The third kappa shape index (κ3) is 5.92. The molecule has 10 nitrogen and oxygen atoms in total. The van der Waals surface area contributed by atoms with Crippen LogP contribution < -0.4 is 15.4 Å². The molecule has 3 N–H and O–H groups in total. The fraction of sp³-hybridized carbons (Fsp3) is 0.357. The summed E-state index contributed by atoms with van der Waals surface area (Å²) in [7, 11) is 0. The molecule has 1 aromatic carbocycles. The number of ether oxygens (including phenoxy) is 1. The number of pyridine rings is 1. The molecule has 1 saturated heterocycles. The van der Waals surface area contributed by atoms with Crippen molar-refractivity contribution in [2.75, 3.05) is 56.5 Å². The zero-order valence-corrected chi connectivity index (χ0v) is 21.8. The molecule has 0 aliphatic carbocycles. The van der Waals surface area contributed by atoms with E-state index < -0.39 is 0 Å². The molecule has 1 fully saturated rings. The lowest BCUT2D eigenvalue weighted by molar-refractivity contribution is -0.128. The number of piperazine rings is 1. The molecule has 198 valence electrons. The smallest absolute Gasteiger partial charge is 0.249 e. The van der Waals surface area contributed by atoms with Crippen molar-refractivity contribution in [3.05, 3.63) is 65.2 Å². The Kier molecular flexibility index (Phi) is 7.81. The number of benzene rings is 1. The number of β-amino-alcohol motifs (C(OH)–C–C–N with tert-alkyl or cyclic N) is 1. The van der Waals surface area contributed by atoms with Crippen LogP contribution in [0.5, 0.6) is 11.5 Å². The normalized spacial score (nSPS) is 15.7. The Morgan fingerprint density at radius 1 is 1.11 bits per heavy atom. The van der Waals surface area contributed by atoms with E-state index in [-0.39, 0.29) is 12.5 Å². The molecular formula is C28H33N7O3. The number of carbonyl (C=O) groups is 1. The van der Waals surface area contributed by atoms with Crippen molar-refractivity contribution in [3.8, 4) is 11.5 Å². The second-order valence-electron chi connectivity index (χ2n) is 9.53. The average Bonchev–Trinajstić information content (AvgIpc) is 3.15. The van der Waals surface area contributed by atoms with E-state index in [1.54, 1.807) is 6.20 Å². The lowest BCUT2D eigenvalue weighted by Crippen LogP contribution is -2.49. The molecule has 38 heavy (non-hydrogen) atoms. The van der Waals surface area contributed by atoms with E-state index in [4.69, 9.17) is 4.74 Å². The molecule has 0 spiro atoms. The molecule has 2 aliphatic heterocycles. The molecular weight excluding hydrogens is 482 g/mol. The zero-order chi connectivity index (χ0) is 26.5. The van der Waals surface area contributed by atoms with Gasteiger partial charge in [0.2, 0.25) is 5.91 Å². The van der Waals surface area contributed by atoms with Crippen LogP contribution in [0.25, 0.3) is 6.08 Å². The van der Waals surface area contributed by atoms with Gasteiger partial charge in [-0.25, -0.2) is 9.97 Å². The number of nitrogens with zero attached hydrogens (tertiary/aromatic N) is 5. The van der Waals surface area contributed by atoms with Crippen LogP contribution in [0, 0.1) is 13.8 Å². The average molecular weight is 516 g/mol. The van der Waals surface area contributed by atoms with Gasteiger partial charge in [-0.05, 0) is 62.2 Å². The third-order valence-corrected chi connectivity index (χ3v) is 6.79. The Hall–Kier alpha value is -4.02. The maximum atomic E-state index is 13.4. The highest BCUT2D eigenvalue weighted by molar-refractivity contribution is 6.00. The van der Waals surface area contributed by atoms with E-state index in [2.05, 4.69) is 30.5 Å². The Morgan fingerprint density at radius 3 is 2.68 bits per heavy atom. The van der Waals surface area contributed by atoms with E-state index in [9.17, 15) is 9.90 Å². The largest absolute Gasteiger partial charge is 0.455 e. The second kappa shape index (κ2) is 11.6. The second-order valence-corrected chi connectivity index (χ2v) is 9.53. The third-order valence-electron chi connectivity index (χ3n) is 6.79. The van der Waals surface area contributed by atoms with Crippen molar-refractivity contribution in [1.29, 1.82) is 0 Å². The van der Waals surface area contributed by atoms with Crippen LogP contribution in [-0.2, 0) is 4.79 Å². The highest BCUT2D eigenvalue weighted by Crippen LogP contribution is 2.32. The molecule has 0 unspecified atom stereocenters. The van der Waals surface area contributed by atoms with Gasteiger partial charge in [-0.15, -0.1) is 0 Å². The van der Waals surface area contributed by atoms with Crippen LogP contribution in [0.15, 0.2) is 48.4 Å². The summed E-state index contributed by atoms with van der Waals surface area (Å²) in [5, 5.41) is 15.9. The summed E-state index contributed by atoms with van der Waals surface area (Å²) < 4.78 is 6.00. The number of nitrogens with one attached hydrogen (secondary N) is 2. The van der Waals surface area contributed by atoms with Crippen molar-refractivity contribution in [1.82, 2.24) is 24.8 Å². The highest BCUT2D eigenvalue weighted by atomic mass is 16.5. The van der Waals surface area contributed by atoms with E-state index in [1.807, 2.05) is 55.2 Å². The van der Waals surface area contributed by atoms with Crippen LogP contribution in [0.2, 0.25) is 0 Å². The van der Waals surface area contributed by atoms with Crippen LogP contribution in [-0.4, -0.2) is 81.6 Å². The first kappa shape index (κ1) is 25.6. The lowest BCUT2D eigenvalue weighted by atomic mass is 10.1. The quantitative estimate of drug-likeness (QED) is 0.436. The first-order valence-electron chi connectivity index (χ1n) is 12.9. The van der Waals surface area contributed by atoms with Gasteiger partial charge < -0.3 is 25.4 Å². The Labute approximate surface area is 222 Å². The molecule has 0 saturated carbocycles. The van der Waals surface area contributed by atoms with E-state index >= 15 is 0 Å². The van der Waals surface area contributed by atoms with Crippen molar-refractivity contribution in [2.24, 2.45) is 0 Å². The molecule has 1 amide bonds. The molecule has 4 heterocycles. The Bertz CT molecular complexity index is 1320. The van der Waals surface area contributed by atoms with Gasteiger partial charge in [0.15, 0.2) is 0 Å². The molecule has 3 aromatic rings. The number of aliphatic hydroxyl groups is 1. The van der Waals surface area contributed by atoms with Gasteiger partial charge in [-0.2, -0.15) is 0 Å². The molecule has 0 atom stereocenters. The maximum absolute atomic E-state index is 13.4. The number of rotatable bonds is 7. The number of fused-ring (bicyclic) bond motifs is 1. The van der Waals surface area contributed by atoms with Crippen molar-refractivity contribution in [3.63, 3.8) is 0 Å². The molecule has 2 aromatic heterocycles.